The summed E-state index contributed by atoms with van der Waals surface area (Å²) >= 11 is 12.2. The number of fused-ring (bicyclic) bond motifs is 1. The van der Waals surface area contributed by atoms with Gasteiger partial charge in [-0.2, -0.15) is 13.5 Å². The molecule has 0 saturated carbocycles. The van der Waals surface area contributed by atoms with Crippen LogP contribution in [0.3, 0.4) is 0 Å². The van der Waals surface area contributed by atoms with E-state index in [1.54, 1.807) is 36.4 Å². The number of nitrogens with one attached hydrogen (secondary N) is 1. The van der Waals surface area contributed by atoms with Crippen molar-refractivity contribution in [2.75, 3.05) is 12.4 Å². The van der Waals surface area contributed by atoms with Crippen molar-refractivity contribution in [2.45, 2.75) is 11.8 Å². The van der Waals surface area contributed by atoms with E-state index < -0.39 is 26.7 Å². The predicted molar refractivity (Wildman–Crippen MR) is 140 cm³/mol. The average Bonchev–Trinajstić information content (AvgIpc) is 2.83. The van der Waals surface area contributed by atoms with Crippen LogP contribution in [0.25, 0.3) is 10.8 Å². The molecule has 0 unspecified atom stereocenters. The predicted octanol–water partition coefficient (Wildman–Crippen LogP) is 3.46. The summed E-state index contributed by atoms with van der Waals surface area (Å²) in [7, 11) is -3.18. The number of carbonyl (C=O) groups excluding carboxylic acids is 1. The number of methoxy groups -OCH3 is 1. The van der Waals surface area contributed by atoms with Gasteiger partial charge in [0.05, 0.1) is 17.8 Å². The van der Waals surface area contributed by atoms with E-state index in [4.69, 9.17) is 27.9 Å². The molecule has 1 amide bonds. The van der Waals surface area contributed by atoms with E-state index in [1.165, 1.54) is 38.3 Å². The van der Waals surface area contributed by atoms with Crippen LogP contribution in [-0.2, 0) is 10.1 Å². The quantitative estimate of drug-likeness (QED) is 0.203. The number of rotatable bonds is 6. The largest absolute Gasteiger partial charge is 1.00 e. The zero-order valence-electron chi connectivity index (χ0n) is 20.3. The molecular formula is C25H18Cl2N3NaO6S. The van der Waals surface area contributed by atoms with Crippen LogP contribution >= 0.6 is 23.2 Å². The van der Waals surface area contributed by atoms with Crippen LogP contribution in [0.5, 0.6) is 11.5 Å². The molecule has 0 atom stereocenters. The van der Waals surface area contributed by atoms with Gasteiger partial charge in [0.2, 0.25) is 0 Å². The van der Waals surface area contributed by atoms with Gasteiger partial charge in [-0.3, -0.25) is 9.35 Å². The second-order valence-corrected chi connectivity index (χ2v) is 10.0. The Morgan fingerprint density at radius 2 is 1.76 bits per heavy atom. The van der Waals surface area contributed by atoms with Gasteiger partial charge < -0.3 is 15.2 Å². The third-order valence-electron chi connectivity index (χ3n) is 5.37. The van der Waals surface area contributed by atoms with E-state index in [0.717, 1.165) is 0 Å². The number of hydrogen-bond acceptors (Lipinski definition) is 7. The minimum atomic E-state index is -4.63. The van der Waals surface area contributed by atoms with Crippen molar-refractivity contribution in [1.29, 1.82) is 0 Å². The average molecular weight is 582 g/mol. The maximum atomic E-state index is 13.4. The van der Waals surface area contributed by atoms with Crippen LogP contribution in [-0.4, -0.2) is 26.0 Å². The Morgan fingerprint density at radius 1 is 1.05 bits per heavy atom. The van der Waals surface area contributed by atoms with Gasteiger partial charge in [0, 0.05) is 27.7 Å². The second-order valence-electron chi connectivity index (χ2n) is 7.88. The fourth-order valence-corrected chi connectivity index (χ4v) is 5.24. The van der Waals surface area contributed by atoms with Crippen LogP contribution in [0.2, 0.25) is 10.0 Å². The molecule has 9 nitrogen and oxygen atoms in total. The molecule has 0 aliphatic heterocycles. The fourth-order valence-electron chi connectivity index (χ4n) is 3.67. The first-order valence-electron chi connectivity index (χ1n) is 10.6. The van der Waals surface area contributed by atoms with Gasteiger partial charge in [-0.25, -0.2) is 0 Å². The Hall–Kier alpha value is -2.70. The Bertz CT molecular complexity index is 1700. The summed E-state index contributed by atoms with van der Waals surface area (Å²) in [4.78, 5) is 12.6. The van der Waals surface area contributed by atoms with E-state index in [2.05, 4.69) is 15.5 Å². The molecule has 13 heteroatoms. The van der Waals surface area contributed by atoms with Crippen molar-refractivity contribution in [2.24, 2.45) is 10.2 Å². The molecule has 0 aliphatic rings. The molecule has 0 heterocycles. The van der Waals surface area contributed by atoms with Crippen LogP contribution in [0.15, 0.2) is 75.8 Å². The van der Waals surface area contributed by atoms with Crippen LogP contribution in [0.4, 0.5) is 17.1 Å². The zero-order chi connectivity index (χ0) is 26.9. The number of ether oxygens (including phenoxy) is 1. The normalized spacial score (nSPS) is 11.4. The van der Waals surface area contributed by atoms with Crippen molar-refractivity contribution in [3.05, 3.63) is 81.8 Å². The van der Waals surface area contributed by atoms with Crippen molar-refractivity contribution >= 4 is 67.1 Å². The number of hydrogen-bond donors (Lipinski definition) is 2. The van der Waals surface area contributed by atoms with Crippen molar-refractivity contribution in [3.63, 3.8) is 0 Å². The Morgan fingerprint density at radius 3 is 2.45 bits per heavy atom. The molecule has 0 radical (unpaired) electrons. The molecule has 0 bridgehead atoms. The third kappa shape index (κ3) is 6.29. The first-order chi connectivity index (χ1) is 17.5. The van der Waals surface area contributed by atoms with Gasteiger partial charge in [-0.15, -0.1) is 5.11 Å². The number of halogens is 2. The van der Waals surface area contributed by atoms with E-state index in [9.17, 15) is 22.9 Å². The molecule has 0 spiro atoms. The van der Waals surface area contributed by atoms with E-state index >= 15 is 0 Å². The minimum absolute atomic E-state index is 0. The molecule has 38 heavy (non-hydrogen) atoms. The summed E-state index contributed by atoms with van der Waals surface area (Å²) < 4.78 is 38.2. The maximum absolute atomic E-state index is 13.4. The summed E-state index contributed by atoms with van der Waals surface area (Å²) in [6, 6.07) is 15.6. The van der Waals surface area contributed by atoms with E-state index in [1.807, 2.05) is 0 Å². The third-order valence-corrected chi connectivity index (χ3v) is 7.13. The molecular weight excluding hydrogens is 564 g/mol. The van der Waals surface area contributed by atoms with Gasteiger partial charge in [0.15, 0.2) is 0 Å². The summed E-state index contributed by atoms with van der Waals surface area (Å²) in [5.74, 6) is -1.01. The summed E-state index contributed by atoms with van der Waals surface area (Å²) in [5, 5.41) is 24.9. The summed E-state index contributed by atoms with van der Waals surface area (Å²) in [6.07, 6.45) is 0. The van der Waals surface area contributed by atoms with Crippen LogP contribution in [0, 0.1) is 6.92 Å². The molecule has 0 fully saturated rings. The number of nitrogens with zero attached hydrogens (tertiary/aromatic N) is 2. The van der Waals surface area contributed by atoms with E-state index in [0.29, 0.717) is 27.2 Å². The van der Waals surface area contributed by atoms with Crippen molar-refractivity contribution < 1.29 is 57.2 Å². The molecule has 0 aliphatic carbocycles. The van der Waals surface area contributed by atoms with Gasteiger partial charge in [0.1, 0.15) is 16.3 Å². The maximum Gasteiger partial charge on any atom is 1.00 e. The summed E-state index contributed by atoms with van der Waals surface area (Å²) in [6.45, 7) is 1.46. The summed E-state index contributed by atoms with van der Waals surface area (Å²) in [5.41, 5.74) is 0.0634. The van der Waals surface area contributed by atoms with Crippen molar-refractivity contribution in [1.82, 2.24) is 0 Å². The van der Waals surface area contributed by atoms with Crippen LogP contribution < -0.4 is 44.7 Å². The first kappa shape index (κ1) is 29.9. The number of azo groups is 1. The molecule has 190 valence electrons. The topological polar surface area (TPSA) is 140 Å². The molecule has 4 aromatic carbocycles. The smallest absolute Gasteiger partial charge is 0.870 e. The van der Waals surface area contributed by atoms with E-state index in [-0.39, 0.29) is 57.1 Å². The first-order valence-corrected chi connectivity index (χ1v) is 12.8. The number of benzene rings is 4. The number of amides is 1. The molecule has 4 rings (SSSR count). The number of aryl methyl sites for hydroxylation is 1. The van der Waals surface area contributed by atoms with Gasteiger partial charge in [0.25, 0.3) is 16.0 Å². The van der Waals surface area contributed by atoms with Gasteiger partial charge in [-0.05, 0) is 42.1 Å². The number of anilines is 1. The molecule has 2 N–H and O–H groups in total. The Kier molecular flexibility index (Phi) is 9.43. The Labute approximate surface area is 250 Å². The van der Waals surface area contributed by atoms with Crippen LogP contribution in [0.1, 0.15) is 15.9 Å². The van der Waals surface area contributed by atoms with Gasteiger partial charge >= 0.3 is 29.6 Å². The van der Waals surface area contributed by atoms with Crippen molar-refractivity contribution in [3.8, 4) is 11.5 Å². The molecule has 4 aromatic rings. The number of carbonyl (C=O) groups is 1. The molecule has 0 aromatic heterocycles. The monoisotopic (exact) mass is 581 g/mol. The Balaban J connectivity index is 0.00000400. The fraction of sp³-hybridized carbons (Fsp3) is 0.0800. The van der Waals surface area contributed by atoms with Gasteiger partial charge in [-0.1, -0.05) is 59.3 Å². The standard InChI is InChI=1S/C25H19Cl2N3O6S.Na/c1-13-7-8-20(21(27)24(13)37(33,34)35)29-30-22-18-6-4-3-5-14(18)9-19(23(22)31)25(32)28-16-10-15(26)11-17(12-16)36-2;/h3-12,31H,1-2H3,(H,28,32)(H,33,34,35);/q;+1/p-1. The second kappa shape index (κ2) is 12.0. The SMILES string of the molecule is COc1cc(Cl)cc(NC(=O)c2cc3ccccc3c(N=Nc3ccc(C)c(S(=O)(=O)O)c3Cl)c2[O-])c1.[Na+]. The minimum Gasteiger partial charge on any atom is -0.870 e. The zero-order valence-corrected chi connectivity index (χ0v) is 24.6. The molecule has 0 saturated heterocycles.